The van der Waals surface area contributed by atoms with E-state index in [0.29, 0.717) is 6.54 Å². The summed E-state index contributed by atoms with van der Waals surface area (Å²) in [5.41, 5.74) is 4.82. The Bertz CT molecular complexity index is 515. The minimum Gasteiger partial charge on any atom is -0.459 e. The number of carbonyl (C=O) groups excluding carboxylic acids is 2. The molecule has 1 saturated carbocycles. The number of nitrogens with zero attached hydrogens (tertiary/aromatic N) is 1. The zero-order valence-corrected chi connectivity index (χ0v) is 12.7. The highest BCUT2D eigenvalue weighted by atomic mass is 16.3. The minimum absolute atomic E-state index is 0.184. The van der Waals surface area contributed by atoms with Gasteiger partial charge in [0, 0.05) is 6.54 Å². The Morgan fingerprint density at radius 2 is 2.00 bits per heavy atom. The molecule has 22 heavy (non-hydrogen) atoms. The molecule has 0 aromatic carbocycles. The first-order valence-electron chi connectivity index (χ1n) is 8.07. The molecule has 2 aliphatic rings. The van der Waals surface area contributed by atoms with Crippen LogP contribution in [0.5, 0.6) is 0 Å². The monoisotopic (exact) mass is 305 g/mol. The summed E-state index contributed by atoms with van der Waals surface area (Å²) in [6, 6.07) is 3.18. The fourth-order valence-corrected chi connectivity index (χ4v) is 3.66. The third-order valence-electron chi connectivity index (χ3n) is 4.80. The highest BCUT2D eigenvalue weighted by molar-refractivity contribution is 5.93. The van der Waals surface area contributed by atoms with Gasteiger partial charge in [-0.3, -0.25) is 25.3 Å². The van der Waals surface area contributed by atoms with E-state index >= 15 is 0 Å². The number of carbonyl (C=O) groups is 2. The molecule has 120 valence electrons. The van der Waals surface area contributed by atoms with Gasteiger partial charge in [0.1, 0.15) is 0 Å². The molecule has 2 amide bonds. The van der Waals surface area contributed by atoms with Crippen LogP contribution in [0.25, 0.3) is 0 Å². The fraction of sp³-hybridized carbons (Fsp3) is 0.625. The van der Waals surface area contributed by atoms with Gasteiger partial charge in [0.05, 0.1) is 12.8 Å². The van der Waals surface area contributed by atoms with Gasteiger partial charge >= 0.3 is 5.91 Å². The highest BCUT2D eigenvalue weighted by Gasteiger charge is 2.31. The summed E-state index contributed by atoms with van der Waals surface area (Å²) < 4.78 is 4.96. The van der Waals surface area contributed by atoms with Crippen molar-refractivity contribution in [2.45, 2.75) is 32.1 Å². The second kappa shape index (κ2) is 6.96. The predicted molar refractivity (Wildman–Crippen MR) is 80.8 cm³/mol. The average molecular weight is 305 g/mol. The summed E-state index contributed by atoms with van der Waals surface area (Å²) in [7, 11) is 0. The molecule has 1 aliphatic carbocycles. The van der Waals surface area contributed by atoms with Gasteiger partial charge in [-0.25, -0.2) is 0 Å². The molecule has 0 spiro atoms. The molecule has 2 fully saturated rings. The molecule has 1 aromatic heterocycles. The Morgan fingerprint density at radius 1 is 1.18 bits per heavy atom. The van der Waals surface area contributed by atoms with E-state index < -0.39 is 5.91 Å². The lowest BCUT2D eigenvalue weighted by molar-refractivity contribution is -0.123. The number of fused-ring (bicyclic) bond motifs is 1. The van der Waals surface area contributed by atoms with Gasteiger partial charge in [-0.1, -0.05) is 19.3 Å². The Labute approximate surface area is 130 Å². The van der Waals surface area contributed by atoms with E-state index in [1.54, 1.807) is 12.1 Å². The largest absolute Gasteiger partial charge is 0.459 e. The number of hydrogen-bond acceptors (Lipinski definition) is 4. The molecule has 1 aromatic rings. The number of hydrogen-bond donors (Lipinski definition) is 2. The van der Waals surface area contributed by atoms with Crippen LogP contribution in [0.1, 0.15) is 42.7 Å². The van der Waals surface area contributed by atoms with Gasteiger partial charge < -0.3 is 4.42 Å². The van der Waals surface area contributed by atoms with E-state index in [0.717, 1.165) is 24.9 Å². The predicted octanol–water partition coefficient (Wildman–Crippen LogP) is 1.55. The van der Waals surface area contributed by atoms with E-state index in [1.807, 2.05) is 0 Å². The lowest BCUT2D eigenvalue weighted by Crippen LogP contribution is -2.49. The normalized spacial score (nSPS) is 25.3. The van der Waals surface area contributed by atoms with Gasteiger partial charge in [-0.15, -0.1) is 0 Å². The smallest absolute Gasteiger partial charge is 0.305 e. The maximum absolute atomic E-state index is 11.9. The molecule has 2 atom stereocenters. The third-order valence-corrected chi connectivity index (χ3v) is 4.80. The van der Waals surface area contributed by atoms with Crippen molar-refractivity contribution in [3.8, 4) is 0 Å². The summed E-state index contributed by atoms with van der Waals surface area (Å²) in [5.74, 6) is 1.15. The molecular formula is C16H23N3O3. The zero-order chi connectivity index (χ0) is 15.4. The van der Waals surface area contributed by atoms with Crippen LogP contribution in [0.4, 0.5) is 0 Å². The second-order valence-corrected chi connectivity index (χ2v) is 6.31. The molecule has 1 aliphatic heterocycles. The molecule has 0 unspecified atom stereocenters. The van der Waals surface area contributed by atoms with Crippen molar-refractivity contribution in [1.29, 1.82) is 0 Å². The van der Waals surface area contributed by atoms with Crippen molar-refractivity contribution in [1.82, 2.24) is 15.8 Å². The van der Waals surface area contributed by atoms with Crippen LogP contribution in [0.3, 0.4) is 0 Å². The first-order valence-corrected chi connectivity index (χ1v) is 8.07. The third kappa shape index (κ3) is 3.68. The Morgan fingerprint density at radius 3 is 2.77 bits per heavy atom. The van der Waals surface area contributed by atoms with Crippen LogP contribution in [-0.4, -0.2) is 36.3 Å². The zero-order valence-electron chi connectivity index (χ0n) is 12.7. The van der Waals surface area contributed by atoms with E-state index in [2.05, 4.69) is 15.8 Å². The quantitative estimate of drug-likeness (QED) is 0.831. The van der Waals surface area contributed by atoms with Crippen LogP contribution in [-0.2, 0) is 4.79 Å². The summed E-state index contributed by atoms with van der Waals surface area (Å²) >= 11 is 0. The standard InChI is InChI=1S/C16H23N3O3/c20-15(17-18-16(21)14-6-3-9-22-14)11-19-8-7-12-4-1-2-5-13(12)10-19/h3,6,9,12-13H,1-2,4-5,7-8,10-11H2,(H,17,20)(H,18,21)/t12-,13+/m0/s1. The summed E-state index contributed by atoms with van der Waals surface area (Å²) in [6.07, 6.45) is 7.94. The Balaban J connectivity index is 1.41. The van der Waals surface area contributed by atoms with Crippen LogP contribution in [0.2, 0.25) is 0 Å². The number of amides is 2. The molecule has 2 N–H and O–H groups in total. The highest BCUT2D eigenvalue weighted by Crippen LogP contribution is 2.35. The molecule has 0 radical (unpaired) electrons. The summed E-state index contributed by atoms with van der Waals surface area (Å²) in [5, 5.41) is 0. The average Bonchev–Trinajstić information content (AvgIpc) is 3.07. The number of hydrazine groups is 1. The molecule has 0 bridgehead atoms. The maximum Gasteiger partial charge on any atom is 0.305 e. The van der Waals surface area contributed by atoms with Crippen molar-refractivity contribution in [2.75, 3.05) is 19.6 Å². The van der Waals surface area contributed by atoms with Crippen molar-refractivity contribution in [3.05, 3.63) is 24.2 Å². The number of piperidine rings is 1. The summed E-state index contributed by atoms with van der Waals surface area (Å²) in [6.45, 7) is 2.31. The fourth-order valence-electron chi connectivity index (χ4n) is 3.66. The van der Waals surface area contributed by atoms with Gasteiger partial charge in [0.25, 0.3) is 5.91 Å². The van der Waals surface area contributed by atoms with E-state index in [-0.39, 0.29) is 11.7 Å². The summed E-state index contributed by atoms with van der Waals surface area (Å²) in [4.78, 5) is 25.8. The number of rotatable bonds is 3. The SMILES string of the molecule is O=C(CN1CC[C@@H]2CCCC[C@@H]2C1)NNC(=O)c1ccco1. The van der Waals surface area contributed by atoms with Crippen LogP contribution in [0.15, 0.2) is 22.8 Å². The molecule has 6 heteroatoms. The lowest BCUT2D eigenvalue weighted by atomic mass is 9.75. The minimum atomic E-state index is -0.440. The molecule has 1 saturated heterocycles. The topological polar surface area (TPSA) is 74.6 Å². The maximum atomic E-state index is 11.9. The molecule has 3 rings (SSSR count). The first-order chi connectivity index (χ1) is 10.7. The first kappa shape index (κ1) is 15.1. The van der Waals surface area contributed by atoms with Gasteiger partial charge in [-0.2, -0.15) is 0 Å². The molecular weight excluding hydrogens is 282 g/mol. The van der Waals surface area contributed by atoms with Crippen molar-refractivity contribution < 1.29 is 14.0 Å². The van der Waals surface area contributed by atoms with Crippen LogP contribution >= 0.6 is 0 Å². The Kier molecular flexibility index (Phi) is 4.77. The van der Waals surface area contributed by atoms with E-state index in [4.69, 9.17) is 4.42 Å². The van der Waals surface area contributed by atoms with Gasteiger partial charge in [0.2, 0.25) is 0 Å². The van der Waals surface area contributed by atoms with E-state index in [1.165, 1.54) is 38.4 Å². The number of furan rings is 1. The second-order valence-electron chi connectivity index (χ2n) is 6.31. The van der Waals surface area contributed by atoms with Gasteiger partial charge in [-0.05, 0) is 43.4 Å². The number of nitrogens with one attached hydrogen (secondary N) is 2. The van der Waals surface area contributed by atoms with Gasteiger partial charge in [0.15, 0.2) is 5.76 Å². The van der Waals surface area contributed by atoms with E-state index in [9.17, 15) is 9.59 Å². The lowest BCUT2D eigenvalue weighted by Gasteiger charge is -2.41. The molecule has 2 heterocycles. The van der Waals surface area contributed by atoms with Crippen LogP contribution in [0, 0.1) is 11.8 Å². The van der Waals surface area contributed by atoms with Crippen molar-refractivity contribution in [2.24, 2.45) is 11.8 Å². The molecule has 6 nitrogen and oxygen atoms in total. The Hall–Kier alpha value is -1.82. The van der Waals surface area contributed by atoms with Crippen molar-refractivity contribution >= 4 is 11.8 Å². The van der Waals surface area contributed by atoms with Crippen LogP contribution < -0.4 is 10.9 Å². The number of likely N-dealkylation sites (tertiary alicyclic amines) is 1. The van der Waals surface area contributed by atoms with Crippen molar-refractivity contribution in [3.63, 3.8) is 0 Å².